The Hall–Kier alpha value is -2.08. The number of piperidine rings is 1. The van der Waals surface area contributed by atoms with E-state index in [1.165, 1.54) is 0 Å². The van der Waals surface area contributed by atoms with Crippen molar-refractivity contribution in [2.45, 2.75) is 39.3 Å². The Labute approximate surface area is 149 Å². The third-order valence-electron chi connectivity index (χ3n) is 4.54. The molecule has 1 aromatic carbocycles. The summed E-state index contributed by atoms with van der Waals surface area (Å²) in [5.74, 6) is 0.229. The summed E-state index contributed by atoms with van der Waals surface area (Å²) >= 11 is 0. The molecule has 1 saturated heterocycles. The Balaban J connectivity index is 1.84. The molecule has 1 heterocycles. The summed E-state index contributed by atoms with van der Waals surface area (Å²) in [6.45, 7) is 6.54. The van der Waals surface area contributed by atoms with Gasteiger partial charge in [-0.25, -0.2) is 4.79 Å². The van der Waals surface area contributed by atoms with E-state index in [2.05, 4.69) is 0 Å². The number of carbonyl (C=O) groups excluding carboxylic acids is 2. The molecule has 0 radical (unpaired) electrons. The molecule has 0 spiro atoms. The van der Waals surface area contributed by atoms with E-state index in [1.807, 2.05) is 37.3 Å². The Morgan fingerprint density at radius 1 is 1.36 bits per heavy atom. The van der Waals surface area contributed by atoms with Crippen LogP contribution in [0, 0.1) is 5.92 Å². The van der Waals surface area contributed by atoms with E-state index < -0.39 is 6.04 Å². The highest BCUT2D eigenvalue weighted by Crippen LogP contribution is 2.19. The molecule has 2 atom stereocenters. The summed E-state index contributed by atoms with van der Waals surface area (Å²) in [7, 11) is 0. The average molecular weight is 347 g/mol. The van der Waals surface area contributed by atoms with Crippen molar-refractivity contribution in [2.24, 2.45) is 11.7 Å². The van der Waals surface area contributed by atoms with Crippen LogP contribution < -0.4 is 5.73 Å². The Kier molecular flexibility index (Phi) is 7.25. The van der Waals surface area contributed by atoms with Crippen LogP contribution in [0.2, 0.25) is 0 Å². The highest BCUT2D eigenvalue weighted by atomic mass is 16.6. The minimum absolute atomic E-state index is 0.0359. The van der Waals surface area contributed by atoms with E-state index in [0.29, 0.717) is 26.2 Å². The van der Waals surface area contributed by atoms with E-state index in [9.17, 15) is 9.59 Å². The molecular formula is C19H29N3O3. The number of rotatable bonds is 6. The summed E-state index contributed by atoms with van der Waals surface area (Å²) in [5, 5.41) is 0. The monoisotopic (exact) mass is 347 g/mol. The molecule has 0 unspecified atom stereocenters. The number of likely N-dealkylation sites (N-methyl/N-ethyl adjacent to an activating group) is 1. The number of ether oxygens (including phenoxy) is 1. The van der Waals surface area contributed by atoms with Crippen molar-refractivity contribution in [3.63, 3.8) is 0 Å². The van der Waals surface area contributed by atoms with Crippen LogP contribution in [0.3, 0.4) is 0 Å². The summed E-state index contributed by atoms with van der Waals surface area (Å²) in [6.07, 6.45) is 1.65. The second-order valence-corrected chi connectivity index (χ2v) is 6.66. The lowest BCUT2D eigenvalue weighted by atomic mass is 9.97. The molecule has 0 aromatic heterocycles. The van der Waals surface area contributed by atoms with Gasteiger partial charge in [0.1, 0.15) is 6.61 Å². The highest BCUT2D eigenvalue weighted by Gasteiger charge is 2.27. The fourth-order valence-corrected chi connectivity index (χ4v) is 3.17. The van der Waals surface area contributed by atoms with Gasteiger partial charge in [-0.15, -0.1) is 0 Å². The van der Waals surface area contributed by atoms with Crippen LogP contribution in [0.1, 0.15) is 32.3 Å². The normalized spacial score (nSPS) is 18.5. The number of nitrogens with two attached hydrogens (primary N) is 1. The molecular weight excluding hydrogens is 318 g/mol. The van der Waals surface area contributed by atoms with Crippen molar-refractivity contribution in [1.82, 2.24) is 9.80 Å². The van der Waals surface area contributed by atoms with Crippen molar-refractivity contribution in [3.05, 3.63) is 35.9 Å². The maximum Gasteiger partial charge on any atom is 0.410 e. The first-order chi connectivity index (χ1) is 12.0. The molecule has 6 heteroatoms. The SMILES string of the molecule is CCN(C[C@H]1CCCN(C(=O)OCc2ccccc2)C1)C(=O)[C@H](C)N. The predicted octanol–water partition coefficient (Wildman–Crippen LogP) is 2.23. The summed E-state index contributed by atoms with van der Waals surface area (Å²) in [6, 6.07) is 9.17. The van der Waals surface area contributed by atoms with E-state index >= 15 is 0 Å². The summed E-state index contributed by atoms with van der Waals surface area (Å²) < 4.78 is 5.42. The van der Waals surface area contributed by atoms with Gasteiger partial charge in [-0.3, -0.25) is 4.79 Å². The van der Waals surface area contributed by atoms with Crippen molar-refractivity contribution >= 4 is 12.0 Å². The molecule has 0 saturated carbocycles. The first-order valence-corrected chi connectivity index (χ1v) is 9.01. The number of carbonyl (C=O) groups is 2. The molecule has 1 fully saturated rings. The van der Waals surface area contributed by atoms with Gasteiger partial charge >= 0.3 is 6.09 Å². The largest absolute Gasteiger partial charge is 0.445 e. The lowest BCUT2D eigenvalue weighted by Gasteiger charge is -2.35. The number of amides is 2. The Bertz CT molecular complexity index is 562. The van der Waals surface area contributed by atoms with E-state index in [4.69, 9.17) is 10.5 Å². The zero-order chi connectivity index (χ0) is 18.2. The zero-order valence-electron chi connectivity index (χ0n) is 15.2. The van der Waals surface area contributed by atoms with Gasteiger partial charge in [0, 0.05) is 26.2 Å². The van der Waals surface area contributed by atoms with Crippen LogP contribution >= 0.6 is 0 Å². The Morgan fingerprint density at radius 2 is 2.08 bits per heavy atom. The van der Waals surface area contributed by atoms with Crippen molar-refractivity contribution in [3.8, 4) is 0 Å². The molecule has 0 aliphatic carbocycles. The van der Waals surface area contributed by atoms with Crippen LogP contribution in [-0.2, 0) is 16.1 Å². The molecule has 1 aromatic rings. The number of likely N-dealkylation sites (tertiary alicyclic amines) is 1. The second kappa shape index (κ2) is 9.42. The number of hydrogen-bond donors (Lipinski definition) is 1. The maximum atomic E-state index is 12.3. The lowest BCUT2D eigenvalue weighted by Crippen LogP contribution is -2.48. The molecule has 2 N–H and O–H groups in total. The molecule has 1 aliphatic heterocycles. The lowest BCUT2D eigenvalue weighted by molar-refractivity contribution is -0.132. The van der Waals surface area contributed by atoms with Gasteiger partial charge < -0.3 is 20.3 Å². The van der Waals surface area contributed by atoms with Gasteiger partial charge in [0.15, 0.2) is 0 Å². The van der Waals surface area contributed by atoms with Crippen LogP contribution in [0.25, 0.3) is 0 Å². The van der Waals surface area contributed by atoms with E-state index in [-0.39, 0.29) is 24.5 Å². The van der Waals surface area contributed by atoms with Gasteiger partial charge in [-0.1, -0.05) is 30.3 Å². The van der Waals surface area contributed by atoms with Gasteiger partial charge in [0.2, 0.25) is 5.91 Å². The van der Waals surface area contributed by atoms with Gasteiger partial charge in [-0.05, 0) is 38.2 Å². The number of hydrogen-bond acceptors (Lipinski definition) is 4. The van der Waals surface area contributed by atoms with Crippen molar-refractivity contribution in [1.29, 1.82) is 0 Å². The first-order valence-electron chi connectivity index (χ1n) is 9.01. The first kappa shape index (κ1) is 19.2. The van der Waals surface area contributed by atoms with Crippen molar-refractivity contribution in [2.75, 3.05) is 26.2 Å². The van der Waals surface area contributed by atoms with E-state index in [0.717, 1.165) is 18.4 Å². The maximum absolute atomic E-state index is 12.3. The molecule has 25 heavy (non-hydrogen) atoms. The molecule has 0 bridgehead atoms. The Morgan fingerprint density at radius 3 is 2.72 bits per heavy atom. The van der Waals surface area contributed by atoms with Crippen LogP contribution in [-0.4, -0.2) is 54.0 Å². The molecule has 1 aliphatic rings. The highest BCUT2D eigenvalue weighted by molar-refractivity contribution is 5.81. The quantitative estimate of drug-likeness (QED) is 0.856. The molecule has 2 rings (SSSR count). The van der Waals surface area contributed by atoms with Crippen LogP contribution in [0.15, 0.2) is 30.3 Å². The van der Waals surface area contributed by atoms with E-state index in [1.54, 1.807) is 16.7 Å². The van der Waals surface area contributed by atoms with Gasteiger partial charge in [0.25, 0.3) is 0 Å². The smallest absolute Gasteiger partial charge is 0.410 e. The molecule has 138 valence electrons. The minimum Gasteiger partial charge on any atom is -0.445 e. The average Bonchev–Trinajstić information content (AvgIpc) is 2.64. The summed E-state index contributed by atoms with van der Waals surface area (Å²) in [4.78, 5) is 28.0. The third kappa shape index (κ3) is 5.74. The van der Waals surface area contributed by atoms with Crippen molar-refractivity contribution < 1.29 is 14.3 Å². The fourth-order valence-electron chi connectivity index (χ4n) is 3.17. The van der Waals surface area contributed by atoms with Gasteiger partial charge in [0.05, 0.1) is 6.04 Å². The zero-order valence-corrected chi connectivity index (χ0v) is 15.2. The third-order valence-corrected chi connectivity index (χ3v) is 4.54. The minimum atomic E-state index is -0.490. The van der Waals surface area contributed by atoms with Crippen LogP contribution in [0.5, 0.6) is 0 Å². The van der Waals surface area contributed by atoms with Gasteiger partial charge in [-0.2, -0.15) is 0 Å². The predicted molar refractivity (Wildman–Crippen MR) is 96.8 cm³/mol. The number of benzene rings is 1. The topological polar surface area (TPSA) is 75.9 Å². The van der Waals surface area contributed by atoms with Crippen LogP contribution in [0.4, 0.5) is 4.79 Å². The molecule has 2 amide bonds. The standard InChI is InChI=1S/C19H29N3O3/c1-3-21(18(23)15(2)20)12-17-10-7-11-22(13-17)19(24)25-14-16-8-5-4-6-9-16/h4-6,8-9,15,17H,3,7,10-14,20H2,1-2H3/t15-,17+/m0/s1. The second-order valence-electron chi connectivity index (χ2n) is 6.66. The number of nitrogens with zero attached hydrogens (tertiary/aromatic N) is 2. The molecule has 6 nitrogen and oxygen atoms in total. The fraction of sp³-hybridized carbons (Fsp3) is 0.579. The summed E-state index contributed by atoms with van der Waals surface area (Å²) in [5.41, 5.74) is 6.69.